The maximum atomic E-state index is 13.4. The van der Waals surface area contributed by atoms with Gasteiger partial charge in [0.2, 0.25) is 0 Å². The molecule has 0 saturated heterocycles. The Kier molecular flexibility index (Phi) is 3.35. The van der Waals surface area contributed by atoms with Crippen LogP contribution in [0, 0.1) is 17.1 Å². The van der Waals surface area contributed by atoms with Crippen molar-refractivity contribution >= 4 is 17.3 Å². The lowest BCUT2D eigenvalue weighted by molar-refractivity contribution is 0.477. The largest absolute Gasteiger partial charge is 0.452 e. The summed E-state index contributed by atoms with van der Waals surface area (Å²) < 4.78 is 18.8. The highest BCUT2D eigenvalue weighted by Gasteiger charge is 2.13. The summed E-state index contributed by atoms with van der Waals surface area (Å²) in [5, 5.41) is 9.18. The molecular weight excluding hydrogens is 255 g/mol. The average Bonchev–Trinajstić information content (AvgIpc) is 2.34. The van der Waals surface area contributed by atoms with Crippen LogP contribution in [0.25, 0.3) is 0 Å². The molecule has 0 unspecified atom stereocenters. The van der Waals surface area contributed by atoms with Crippen LogP contribution in [-0.2, 0) is 0 Å². The zero-order valence-electron chi connectivity index (χ0n) is 9.15. The van der Waals surface area contributed by atoms with Gasteiger partial charge in [0.05, 0.1) is 10.7 Å². The van der Waals surface area contributed by atoms with E-state index in [-0.39, 0.29) is 17.1 Å². The van der Waals surface area contributed by atoms with Crippen molar-refractivity contribution in [3.05, 3.63) is 52.8 Å². The van der Waals surface area contributed by atoms with Gasteiger partial charge in [0.25, 0.3) is 0 Å². The molecule has 0 bridgehead atoms. The molecule has 2 rings (SSSR count). The number of rotatable bonds is 2. The molecule has 0 aliphatic heterocycles. The molecule has 0 aromatic heterocycles. The lowest BCUT2D eigenvalue weighted by atomic mass is 10.2. The van der Waals surface area contributed by atoms with Gasteiger partial charge >= 0.3 is 0 Å². The van der Waals surface area contributed by atoms with E-state index in [0.29, 0.717) is 10.7 Å². The third kappa shape index (κ3) is 2.22. The van der Waals surface area contributed by atoms with Crippen LogP contribution in [0.5, 0.6) is 11.5 Å². The van der Waals surface area contributed by atoms with Gasteiger partial charge in [0.1, 0.15) is 23.2 Å². The molecule has 0 aliphatic carbocycles. The number of halogens is 2. The van der Waals surface area contributed by atoms with Gasteiger partial charge in [-0.3, -0.25) is 0 Å². The minimum Gasteiger partial charge on any atom is -0.452 e. The molecule has 5 heteroatoms. The van der Waals surface area contributed by atoms with Crippen molar-refractivity contribution in [2.75, 3.05) is 5.73 Å². The van der Waals surface area contributed by atoms with Crippen molar-refractivity contribution in [2.24, 2.45) is 0 Å². The topological polar surface area (TPSA) is 59.0 Å². The molecule has 0 saturated carbocycles. The summed E-state index contributed by atoms with van der Waals surface area (Å²) in [6, 6.07) is 10.7. The molecule has 0 atom stereocenters. The van der Waals surface area contributed by atoms with Gasteiger partial charge in [-0.25, -0.2) is 4.39 Å². The molecule has 0 radical (unpaired) electrons. The third-order valence-electron chi connectivity index (χ3n) is 2.30. The Balaban J connectivity index is 2.48. The van der Waals surface area contributed by atoms with E-state index in [0.717, 1.165) is 0 Å². The average molecular weight is 263 g/mol. The number of benzene rings is 2. The van der Waals surface area contributed by atoms with Crippen LogP contribution in [0.1, 0.15) is 5.56 Å². The Morgan fingerprint density at radius 1 is 1.22 bits per heavy atom. The van der Waals surface area contributed by atoms with Crippen LogP contribution < -0.4 is 10.5 Å². The predicted molar refractivity (Wildman–Crippen MR) is 67.1 cm³/mol. The molecule has 2 aromatic carbocycles. The van der Waals surface area contributed by atoms with E-state index < -0.39 is 5.82 Å². The van der Waals surface area contributed by atoms with Crippen LogP contribution in [0.4, 0.5) is 10.1 Å². The Hall–Kier alpha value is -2.25. The molecule has 90 valence electrons. The summed E-state index contributed by atoms with van der Waals surface area (Å²) in [4.78, 5) is 0. The Bertz CT molecular complexity index is 617. The van der Waals surface area contributed by atoms with E-state index in [9.17, 15) is 4.39 Å². The minimum atomic E-state index is -0.652. The lowest BCUT2D eigenvalue weighted by Gasteiger charge is -2.11. The third-order valence-corrected chi connectivity index (χ3v) is 2.59. The van der Waals surface area contributed by atoms with Crippen LogP contribution >= 0.6 is 11.6 Å². The highest BCUT2D eigenvalue weighted by Crippen LogP contribution is 2.36. The van der Waals surface area contributed by atoms with E-state index in [1.54, 1.807) is 24.3 Å². The monoisotopic (exact) mass is 262 g/mol. The summed E-state index contributed by atoms with van der Waals surface area (Å²) in [5.74, 6) is -0.362. The number of para-hydroxylation sites is 1. The molecule has 2 aromatic rings. The minimum absolute atomic E-state index is 0.0808. The van der Waals surface area contributed by atoms with E-state index >= 15 is 0 Å². The molecule has 0 aliphatic rings. The van der Waals surface area contributed by atoms with Crippen molar-refractivity contribution in [1.82, 2.24) is 0 Å². The number of hydrogen-bond acceptors (Lipinski definition) is 3. The highest BCUT2D eigenvalue weighted by atomic mass is 35.5. The first kappa shape index (κ1) is 12.2. The second-order valence-corrected chi connectivity index (χ2v) is 3.89. The fourth-order valence-electron chi connectivity index (χ4n) is 1.44. The second-order valence-electron chi connectivity index (χ2n) is 3.49. The van der Waals surface area contributed by atoms with Gasteiger partial charge in [-0.15, -0.1) is 0 Å². The molecule has 3 nitrogen and oxygen atoms in total. The molecule has 18 heavy (non-hydrogen) atoms. The van der Waals surface area contributed by atoms with E-state index in [1.807, 2.05) is 0 Å². The fourth-order valence-corrected chi connectivity index (χ4v) is 1.66. The van der Waals surface area contributed by atoms with Gasteiger partial charge < -0.3 is 10.5 Å². The van der Waals surface area contributed by atoms with Crippen molar-refractivity contribution in [1.29, 1.82) is 5.26 Å². The lowest BCUT2D eigenvalue weighted by Crippen LogP contribution is -1.95. The molecule has 0 spiro atoms. The van der Waals surface area contributed by atoms with Gasteiger partial charge in [-0.05, 0) is 24.3 Å². The Morgan fingerprint density at radius 3 is 2.61 bits per heavy atom. The quantitative estimate of drug-likeness (QED) is 0.839. The summed E-state index contributed by atoms with van der Waals surface area (Å²) in [6.45, 7) is 0. The maximum absolute atomic E-state index is 13.4. The van der Waals surface area contributed by atoms with E-state index in [4.69, 9.17) is 27.3 Å². The fraction of sp³-hybridized carbons (Fsp3) is 0. The van der Waals surface area contributed by atoms with Gasteiger partial charge in [0.15, 0.2) is 5.75 Å². The molecule has 0 heterocycles. The number of nitrogen functional groups attached to an aromatic ring is 1. The second kappa shape index (κ2) is 4.94. The van der Waals surface area contributed by atoms with Crippen molar-refractivity contribution in [2.45, 2.75) is 0 Å². The summed E-state index contributed by atoms with van der Waals surface area (Å²) in [5.41, 5.74) is 5.84. The standard InChI is InChI=1S/C13H8ClFN2O/c14-9-3-1-5-11(17)13(9)18-12-6-2-4-10(15)8(12)7-16/h1-6H,17H2. The normalized spacial score (nSPS) is 9.83. The zero-order chi connectivity index (χ0) is 13.1. The van der Waals surface area contributed by atoms with Crippen molar-refractivity contribution < 1.29 is 9.13 Å². The van der Waals surface area contributed by atoms with Gasteiger partial charge in [-0.1, -0.05) is 23.7 Å². The number of nitrogens with zero attached hydrogens (tertiary/aromatic N) is 1. The summed E-state index contributed by atoms with van der Waals surface area (Å²) >= 11 is 5.93. The summed E-state index contributed by atoms with van der Waals surface area (Å²) in [7, 11) is 0. The number of hydrogen-bond donors (Lipinski definition) is 1. The van der Waals surface area contributed by atoms with Crippen LogP contribution in [0.3, 0.4) is 0 Å². The van der Waals surface area contributed by atoms with Gasteiger partial charge in [-0.2, -0.15) is 5.26 Å². The van der Waals surface area contributed by atoms with Crippen molar-refractivity contribution in [3.8, 4) is 17.6 Å². The first-order valence-electron chi connectivity index (χ1n) is 5.04. The molecule has 0 fully saturated rings. The highest BCUT2D eigenvalue weighted by molar-refractivity contribution is 6.32. The number of nitrogens with two attached hydrogens (primary N) is 1. The van der Waals surface area contributed by atoms with E-state index in [1.165, 1.54) is 18.2 Å². The van der Waals surface area contributed by atoms with Crippen LogP contribution in [0.15, 0.2) is 36.4 Å². The molecule has 0 amide bonds. The zero-order valence-corrected chi connectivity index (χ0v) is 9.91. The van der Waals surface area contributed by atoms with Crippen molar-refractivity contribution in [3.63, 3.8) is 0 Å². The number of ether oxygens (including phenoxy) is 1. The first-order chi connectivity index (χ1) is 8.63. The molecular formula is C13H8ClFN2O. The van der Waals surface area contributed by atoms with Crippen LogP contribution in [0.2, 0.25) is 5.02 Å². The van der Waals surface area contributed by atoms with Gasteiger partial charge in [0, 0.05) is 0 Å². The molecule has 2 N–H and O–H groups in total. The predicted octanol–water partition coefficient (Wildman–Crippen LogP) is 3.73. The SMILES string of the molecule is N#Cc1c(F)cccc1Oc1c(N)cccc1Cl. The van der Waals surface area contributed by atoms with Crippen LogP contribution in [-0.4, -0.2) is 0 Å². The summed E-state index contributed by atoms with van der Waals surface area (Å²) in [6.07, 6.45) is 0. The number of anilines is 1. The number of nitriles is 1. The maximum Gasteiger partial charge on any atom is 0.168 e. The smallest absolute Gasteiger partial charge is 0.168 e. The first-order valence-corrected chi connectivity index (χ1v) is 5.41. The van der Waals surface area contributed by atoms with E-state index in [2.05, 4.69) is 0 Å². The Labute approximate surface area is 108 Å². The Morgan fingerprint density at radius 2 is 1.94 bits per heavy atom.